The number of aliphatic hydroxyl groups excluding tert-OH is 1. The van der Waals surface area contributed by atoms with Gasteiger partial charge in [0.15, 0.2) is 9.84 Å². The van der Waals surface area contributed by atoms with E-state index in [9.17, 15) is 23.4 Å². The molecule has 1 heterocycles. The van der Waals surface area contributed by atoms with Crippen LogP contribution in [0.3, 0.4) is 0 Å². The van der Waals surface area contributed by atoms with E-state index in [4.69, 9.17) is 0 Å². The van der Waals surface area contributed by atoms with Crippen molar-refractivity contribution in [2.24, 2.45) is 11.3 Å². The van der Waals surface area contributed by atoms with Gasteiger partial charge in [-0.15, -0.1) is 0 Å². The van der Waals surface area contributed by atoms with Crippen LogP contribution in [0.5, 0.6) is 0 Å². The first-order chi connectivity index (χ1) is 7.37. The Morgan fingerprint density at radius 3 is 2.12 bits per heavy atom. The third-order valence-corrected chi connectivity index (χ3v) is 5.67. The third-order valence-electron chi connectivity index (χ3n) is 3.95. The summed E-state index contributed by atoms with van der Waals surface area (Å²) in [6.45, 7) is 0. The van der Waals surface area contributed by atoms with Crippen LogP contribution in [0.2, 0.25) is 0 Å². The lowest BCUT2D eigenvalue weighted by molar-refractivity contribution is -0.154. The van der Waals surface area contributed by atoms with E-state index in [-0.39, 0.29) is 11.5 Å². The highest BCUT2D eigenvalue weighted by Crippen LogP contribution is 2.48. The van der Waals surface area contributed by atoms with Gasteiger partial charge in [-0.3, -0.25) is 4.79 Å². The van der Waals surface area contributed by atoms with Crippen LogP contribution in [-0.2, 0) is 14.6 Å². The third kappa shape index (κ3) is 1.73. The van der Waals surface area contributed by atoms with Gasteiger partial charge in [-0.25, -0.2) is 8.42 Å². The first-order valence-electron chi connectivity index (χ1n) is 5.49. The van der Waals surface area contributed by atoms with Crippen molar-refractivity contribution >= 4 is 15.8 Å². The van der Waals surface area contributed by atoms with Gasteiger partial charge in [0, 0.05) is 5.92 Å². The molecule has 1 saturated carbocycles. The normalized spacial score (nSPS) is 36.3. The lowest BCUT2D eigenvalue weighted by Gasteiger charge is -2.31. The van der Waals surface area contributed by atoms with E-state index in [1.54, 1.807) is 0 Å². The van der Waals surface area contributed by atoms with Crippen LogP contribution in [-0.4, -0.2) is 42.2 Å². The van der Waals surface area contributed by atoms with Crippen LogP contribution in [0.25, 0.3) is 0 Å². The van der Waals surface area contributed by atoms with E-state index in [2.05, 4.69) is 0 Å². The van der Waals surface area contributed by atoms with E-state index >= 15 is 0 Å². The summed E-state index contributed by atoms with van der Waals surface area (Å²) in [5.74, 6) is -2.05. The zero-order chi connectivity index (χ0) is 12.0. The topological polar surface area (TPSA) is 91.7 Å². The van der Waals surface area contributed by atoms with Crippen LogP contribution >= 0.6 is 0 Å². The highest BCUT2D eigenvalue weighted by molar-refractivity contribution is 7.91. The standard InChI is InChI=1S/C10H16O5S/c11-8-6-16(14,15)5-7(8)10(9(12)13)3-1-2-4-10/h7-8,11H,1-6H2,(H,12,13). The van der Waals surface area contributed by atoms with Crippen LogP contribution in [0.1, 0.15) is 25.7 Å². The highest BCUT2D eigenvalue weighted by atomic mass is 32.2. The van der Waals surface area contributed by atoms with Crippen LogP contribution < -0.4 is 0 Å². The fraction of sp³-hybridized carbons (Fsp3) is 0.900. The van der Waals surface area contributed by atoms with Crippen LogP contribution in [0, 0.1) is 11.3 Å². The minimum Gasteiger partial charge on any atom is -0.481 e. The van der Waals surface area contributed by atoms with Gasteiger partial charge < -0.3 is 10.2 Å². The molecule has 6 heteroatoms. The average Bonchev–Trinajstić information content (AvgIpc) is 2.70. The molecule has 1 saturated heterocycles. The largest absolute Gasteiger partial charge is 0.481 e. The Hall–Kier alpha value is -0.620. The molecule has 0 aromatic heterocycles. The fourth-order valence-corrected chi connectivity index (χ4v) is 5.08. The molecule has 0 radical (unpaired) electrons. The van der Waals surface area contributed by atoms with E-state index in [0.29, 0.717) is 12.8 Å². The first-order valence-corrected chi connectivity index (χ1v) is 7.31. The van der Waals surface area contributed by atoms with Crippen molar-refractivity contribution in [1.29, 1.82) is 0 Å². The van der Waals surface area contributed by atoms with Crippen LogP contribution in [0.4, 0.5) is 0 Å². The smallest absolute Gasteiger partial charge is 0.310 e. The predicted molar refractivity (Wildman–Crippen MR) is 56.7 cm³/mol. The van der Waals surface area contributed by atoms with Gasteiger partial charge in [0.05, 0.1) is 23.0 Å². The van der Waals surface area contributed by atoms with Gasteiger partial charge >= 0.3 is 5.97 Å². The highest BCUT2D eigenvalue weighted by Gasteiger charge is 2.55. The van der Waals surface area contributed by atoms with Crippen molar-refractivity contribution < 1.29 is 23.4 Å². The van der Waals surface area contributed by atoms with Crippen molar-refractivity contribution in [3.63, 3.8) is 0 Å². The molecule has 1 aliphatic carbocycles. The fourth-order valence-electron chi connectivity index (χ4n) is 3.11. The molecule has 1 aliphatic heterocycles. The van der Waals surface area contributed by atoms with Crippen molar-refractivity contribution in [2.75, 3.05) is 11.5 Å². The van der Waals surface area contributed by atoms with Gasteiger partial charge in [0.2, 0.25) is 0 Å². The molecular weight excluding hydrogens is 232 g/mol. The zero-order valence-corrected chi connectivity index (χ0v) is 9.74. The predicted octanol–water partition coefficient (Wildman–Crippen LogP) is 0.0369. The van der Waals surface area contributed by atoms with Gasteiger partial charge in [0.25, 0.3) is 0 Å². The molecule has 0 bridgehead atoms. The number of aliphatic hydroxyl groups is 1. The van der Waals surface area contributed by atoms with E-state index in [1.165, 1.54) is 0 Å². The summed E-state index contributed by atoms with van der Waals surface area (Å²) < 4.78 is 22.8. The molecule has 0 amide bonds. The van der Waals surface area contributed by atoms with Crippen molar-refractivity contribution in [3.05, 3.63) is 0 Å². The molecule has 2 unspecified atom stereocenters. The molecule has 0 aromatic rings. The second-order valence-corrected chi connectivity index (χ2v) is 7.07. The number of carboxylic acids is 1. The van der Waals surface area contributed by atoms with Gasteiger partial charge in [-0.1, -0.05) is 12.8 Å². The summed E-state index contributed by atoms with van der Waals surface area (Å²) in [5.41, 5.74) is -1.01. The molecular formula is C10H16O5S. The van der Waals surface area contributed by atoms with Crippen molar-refractivity contribution in [3.8, 4) is 0 Å². The minimum atomic E-state index is -3.27. The number of aliphatic carboxylic acids is 1. The molecule has 0 aromatic carbocycles. The lowest BCUT2D eigenvalue weighted by atomic mass is 9.72. The Balaban J connectivity index is 2.32. The molecule has 92 valence electrons. The van der Waals surface area contributed by atoms with Gasteiger partial charge in [0.1, 0.15) is 0 Å². The Bertz CT molecular complexity index is 393. The molecule has 5 nitrogen and oxygen atoms in total. The number of carbonyl (C=O) groups is 1. The van der Waals surface area contributed by atoms with Crippen LogP contribution in [0.15, 0.2) is 0 Å². The average molecular weight is 248 g/mol. The van der Waals surface area contributed by atoms with Gasteiger partial charge in [-0.2, -0.15) is 0 Å². The monoisotopic (exact) mass is 248 g/mol. The lowest BCUT2D eigenvalue weighted by Crippen LogP contribution is -2.42. The maximum Gasteiger partial charge on any atom is 0.310 e. The number of hydrogen-bond acceptors (Lipinski definition) is 4. The SMILES string of the molecule is O=C(O)C1(C2CS(=O)(=O)CC2O)CCCC1. The summed E-state index contributed by atoms with van der Waals surface area (Å²) in [5, 5.41) is 19.1. The molecule has 2 atom stereocenters. The zero-order valence-electron chi connectivity index (χ0n) is 8.92. The molecule has 2 N–H and O–H groups in total. The molecule has 2 aliphatic rings. The number of rotatable bonds is 2. The number of sulfone groups is 1. The maximum absolute atomic E-state index is 11.4. The molecule has 2 fully saturated rings. The maximum atomic E-state index is 11.4. The molecule has 2 rings (SSSR count). The molecule has 16 heavy (non-hydrogen) atoms. The van der Waals surface area contributed by atoms with E-state index in [0.717, 1.165) is 12.8 Å². The number of hydrogen-bond donors (Lipinski definition) is 2. The summed E-state index contributed by atoms with van der Waals surface area (Å²) in [4.78, 5) is 11.4. The summed E-state index contributed by atoms with van der Waals surface area (Å²) in [6.07, 6.45) is 1.56. The quantitative estimate of drug-likeness (QED) is 0.719. The second kappa shape index (κ2) is 3.70. The Kier molecular flexibility index (Phi) is 2.74. The Morgan fingerprint density at radius 1 is 1.19 bits per heavy atom. The summed E-state index contributed by atoms with van der Waals surface area (Å²) >= 11 is 0. The Morgan fingerprint density at radius 2 is 1.75 bits per heavy atom. The minimum absolute atomic E-state index is 0.180. The number of carboxylic acid groups (broad SMARTS) is 1. The summed E-state index contributed by atoms with van der Waals surface area (Å²) in [7, 11) is -3.27. The molecule has 0 spiro atoms. The summed E-state index contributed by atoms with van der Waals surface area (Å²) in [6, 6.07) is 0. The second-order valence-electron chi connectivity index (χ2n) is 4.92. The van der Waals surface area contributed by atoms with E-state index in [1.807, 2.05) is 0 Å². The van der Waals surface area contributed by atoms with E-state index < -0.39 is 33.2 Å². The van der Waals surface area contributed by atoms with Gasteiger partial charge in [-0.05, 0) is 12.8 Å². The van der Waals surface area contributed by atoms with Crippen molar-refractivity contribution in [1.82, 2.24) is 0 Å². The first kappa shape index (κ1) is 11.9. The Labute approximate surface area is 94.4 Å². The van der Waals surface area contributed by atoms with Crippen molar-refractivity contribution in [2.45, 2.75) is 31.8 Å².